The van der Waals surface area contributed by atoms with E-state index in [0.717, 1.165) is 18.2 Å². The number of nitrogens with zero attached hydrogens (tertiary/aromatic N) is 2. The van der Waals surface area contributed by atoms with E-state index in [-0.39, 0.29) is 68.6 Å². The first kappa shape index (κ1) is 30.4. The molecule has 1 N–H and O–H groups in total. The molecule has 1 unspecified atom stereocenters. The summed E-state index contributed by atoms with van der Waals surface area (Å²) in [7, 11) is 0. The third kappa shape index (κ3) is 5.78. The fraction of sp³-hybridized carbons (Fsp3) is 0.188. The summed E-state index contributed by atoms with van der Waals surface area (Å²) >= 11 is 5.89. The minimum absolute atomic E-state index is 0.0686. The predicted molar refractivity (Wildman–Crippen MR) is 153 cm³/mol. The minimum Gasteiger partial charge on any atom is -0.478 e. The Kier molecular flexibility index (Phi) is 7.88. The average Bonchev–Trinajstić information content (AvgIpc) is 3.50. The number of benzene rings is 4. The number of para-hydroxylation sites is 1. The third-order valence-corrected chi connectivity index (χ3v) is 7.66. The highest BCUT2D eigenvalue weighted by molar-refractivity contribution is 6.30. The number of alkyl halides is 2. The molecule has 0 aliphatic carbocycles. The molecule has 232 valence electrons. The average molecular weight is 645 g/mol. The van der Waals surface area contributed by atoms with Crippen LogP contribution in [-0.2, 0) is 23.5 Å². The van der Waals surface area contributed by atoms with Crippen LogP contribution in [0.25, 0.3) is 22.2 Å². The molecule has 0 amide bonds. The second kappa shape index (κ2) is 11.7. The third-order valence-electron chi connectivity index (χ3n) is 7.42. The molecule has 0 saturated heterocycles. The van der Waals surface area contributed by atoms with Crippen LogP contribution >= 0.6 is 11.6 Å². The largest absolute Gasteiger partial charge is 0.478 e. The maximum absolute atomic E-state index is 15.6. The number of hydrogen-bond acceptors (Lipinski definition) is 5. The van der Waals surface area contributed by atoms with E-state index in [1.165, 1.54) is 41.8 Å². The number of carboxylic acid groups (broad SMARTS) is 1. The lowest BCUT2D eigenvalue weighted by Gasteiger charge is -2.24. The molecule has 4 aromatic carbocycles. The monoisotopic (exact) mass is 644 g/mol. The quantitative estimate of drug-likeness (QED) is 0.164. The van der Waals surface area contributed by atoms with Gasteiger partial charge in [0.25, 0.3) is 5.79 Å². The van der Waals surface area contributed by atoms with Gasteiger partial charge in [-0.25, -0.2) is 22.9 Å². The van der Waals surface area contributed by atoms with Crippen molar-refractivity contribution in [1.29, 1.82) is 0 Å². The molecule has 13 heteroatoms. The van der Waals surface area contributed by atoms with E-state index in [9.17, 15) is 23.1 Å². The van der Waals surface area contributed by atoms with Crippen molar-refractivity contribution in [2.75, 3.05) is 6.61 Å². The van der Waals surface area contributed by atoms with Crippen molar-refractivity contribution in [3.05, 3.63) is 112 Å². The first-order chi connectivity index (χ1) is 21.4. The molecule has 0 radical (unpaired) electrons. The van der Waals surface area contributed by atoms with Crippen LogP contribution in [0.5, 0.6) is 11.5 Å². The predicted octanol–water partition coefficient (Wildman–Crippen LogP) is 7.95. The second-order valence-corrected chi connectivity index (χ2v) is 10.8. The Morgan fingerprint density at radius 1 is 1.02 bits per heavy atom. The minimum atomic E-state index is -3.04. The van der Waals surface area contributed by atoms with Crippen LogP contribution in [0.2, 0.25) is 5.02 Å². The van der Waals surface area contributed by atoms with E-state index < -0.39 is 42.4 Å². The lowest BCUT2D eigenvalue weighted by atomic mass is 10.00. The summed E-state index contributed by atoms with van der Waals surface area (Å²) in [5.41, 5.74) is 0.607. The van der Waals surface area contributed by atoms with Crippen LogP contribution < -0.4 is 9.47 Å². The van der Waals surface area contributed by atoms with E-state index in [1.54, 1.807) is 18.2 Å². The molecule has 1 aliphatic rings. The van der Waals surface area contributed by atoms with E-state index in [4.69, 9.17) is 21.1 Å². The number of fused-ring (bicyclic) bond motifs is 2. The molecule has 6 rings (SSSR count). The molecule has 2 heterocycles. The fourth-order valence-corrected chi connectivity index (χ4v) is 5.49. The van der Waals surface area contributed by atoms with Gasteiger partial charge in [-0.15, -0.1) is 0 Å². The maximum Gasteiger partial charge on any atom is 0.345 e. The molecule has 1 aliphatic heterocycles. The van der Waals surface area contributed by atoms with Crippen molar-refractivity contribution < 1.29 is 46.1 Å². The Labute approximate surface area is 257 Å². The van der Waals surface area contributed by atoms with Crippen molar-refractivity contribution >= 4 is 28.6 Å². The molecular formula is C32H22ClF5N2O5. The zero-order valence-corrected chi connectivity index (χ0v) is 24.0. The normalized spacial score (nSPS) is 15.7. The smallest absolute Gasteiger partial charge is 0.345 e. The highest BCUT2D eigenvalue weighted by atomic mass is 35.5. The lowest BCUT2D eigenvalue weighted by molar-refractivity contribution is -0.130. The van der Waals surface area contributed by atoms with Gasteiger partial charge in [-0.3, -0.25) is 0 Å². The van der Waals surface area contributed by atoms with Gasteiger partial charge in [0.05, 0.1) is 28.8 Å². The van der Waals surface area contributed by atoms with E-state index >= 15 is 8.78 Å². The summed E-state index contributed by atoms with van der Waals surface area (Å²) in [4.78, 5) is 15.9. The van der Waals surface area contributed by atoms with E-state index in [1.807, 2.05) is 0 Å². The number of imidazole rings is 1. The molecule has 1 atom stereocenters. The van der Waals surface area contributed by atoms with Crippen molar-refractivity contribution in [1.82, 2.24) is 9.55 Å². The zero-order valence-electron chi connectivity index (χ0n) is 23.3. The highest BCUT2D eigenvalue weighted by Gasteiger charge is 2.42. The van der Waals surface area contributed by atoms with E-state index in [2.05, 4.69) is 9.72 Å². The first-order valence-corrected chi connectivity index (χ1v) is 13.9. The maximum atomic E-state index is 15.6. The Hall–Kier alpha value is -4.68. The molecule has 0 spiro atoms. The van der Waals surface area contributed by atoms with Crippen molar-refractivity contribution in [3.63, 3.8) is 0 Å². The number of rotatable bonds is 9. The van der Waals surface area contributed by atoms with Gasteiger partial charge in [-0.05, 0) is 60.2 Å². The number of carbonyl (C=O) groups is 1. The SMILES string of the molecule is CC1(c2ccc(Cl)cc2F)Oc2cccc(-c3cc(F)c(Cc4nc5ccc(C(=O)O)cc5n4CCOC(F)F)c(F)c3)c2O1. The van der Waals surface area contributed by atoms with Gasteiger partial charge in [0.2, 0.25) is 0 Å². The second-order valence-electron chi connectivity index (χ2n) is 10.3. The number of carboxylic acids is 1. The van der Waals surface area contributed by atoms with Crippen LogP contribution in [-0.4, -0.2) is 33.8 Å². The molecule has 0 saturated carbocycles. The molecule has 0 fully saturated rings. The summed E-state index contributed by atoms with van der Waals surface area (Å²) in [5.74, 6) is -4.84. The van der Waals surface area contributed by atoms with Crippen LogP contribution in [0.15, 0.2) is 66.7 Å². The number of hydrogen-bond donors (Lipinski definition) is 1. The van der Waals surface area contributed by atoms with Crippen LogP contribution in [0.3, 0.4) is 0 Å². The van der Waals surface area contributed by atoms with Gasteiger partial charge < -0.3 is 23.9 Å². The number of halogens is 6. The highest BCUT2D eigenvalue weighted by Crippen LogP contribution is 2.50. The van der Waals surface area contributed by atoms with E-state index in [0.29, 0.717) is 5.52 Å². The Morgan fingerprint density at radius 3 is 2.47 bits per heavy atom. The van der Waals surface area contributed by atoms with Gasteiger partial charge in [0.1, 0.15) is 23.3 Å². The Bertz CT molecular complexity index is 1940. The number of aromatic carboxylic acids is 1. The van der Waals surface area contributed by atoms with Crippen molar-refractivity contribution in [2.24, 2.45) is 0 Å². The van der Waals surface area contributed by atoms with Crippen LogP contribution in [0.1, 0.15) is 34.2 Å². The van der Waals surface area contributed by atoms with Gasteiger partial charge in [-0.1, -0.05) is 23.7 Å². The topological polar surface area (TPSA) is 82.8 Å². The molecule has 5 aromatic rings. The van der Waals surface area contributed by atoms with Gasteiger partial charge >= 0.3 is 12.6 Å². The van der Waals surface area contributed by atoms with Gasteiger partial charge in [-0.2, -0.15) is 8.78 Å². The first-order valence-electron chi connectivity index (χ1n) is 13.5. The Balaban J connectivity index is 1.34. The van der Waals surface area contributed by atoms with Gasteiger partial charge in [0.15, 0.2) is 11.5 Å². The summed E-state index contributed by atoms with van der Waals surface area (Å²) in [5, 5.41) is 9.58. The Morgan fingerprint density at radius 2 is 1.78 bits per heavy atom. The summed E-state index contributed by atoms with van der Waals surface area (Å²) in [6.07, 6.45) is -0.385. The van der Waals surface area contributed by atoms with Gasteiger partial charge in [0, 0.05) is 36.0 Å². The van der Waals surface area contributed by atoms with Crippen molar-refractivity contribution in [2.45, 2.75) is 32.3 Å². The number of ether oxygens (including phenoxy) is 3. The molecule has 45 heavy (non-hydrogen) atoms. The standard InChI is InChI=1S/C32H22ClF5N2O5/c1-32(21-7-6-18(33)14-24(21)36)44-27-4-2-3-19(29(27)45-32)17-11-22(34)20(23(35)12-17)15-28-39-25-8-5-16(30(41)42)13-26(25)40(28)9-10-43-31(37)38/h2-8,11-14,31H,9-10,15H2,1H3,(H,41,42). The molecular weight excluding hydrogens is 623 g/mol. The zero-order chi connectivity index (χ0) is 32.0. The summed E-state index contributed by atoms with van der Waals surface area (Å²) < 4.78 is 89.1. The fourth-order valence-electron chi connectivity index (χ4n) is 5.33. The molecule has 7 nitrogen and oxygen atoms in total. The summed E-state index contributed by atoms with van der Waals surface area (Å²) in [6.45, 7) is -2.18. The van der Waals surface area contributed by atoms with Crippen LogP contribution in [0.4, 0.5) is 22.0 Å². The van der Waals surface area contributed by atoms with Crippen molar-refractivity contribution in [3.8, 4) is 22.6 Å². The number of aromatic nitrogens is 2. The molecule has 0 bridgehead atoms. The lowest BCUT2D eigenvalue weighted by Crippen LogP contribution is -2.32. The molecule has 1 aromatic heterocycles. The summed E-state index contributed by atoms with van der Waals surface area (Å²) in [6, 6.07) is 15.0. The van der Waals surface area contributed by atoms with Crippen LogP contribution in [0, 0.1) is 17.5 Å².